The molecule has 14 nitrogen and oxygen atoms in total. The summed E-state index contributed by atoms with van der Waals surface area (Å²) in [5.74, 6) is -0.250. The Labute approximate surface area is 567 Å². The van der Waals surface area contributed by atoms with Crippen LogP contribution < -0.4 is 5.32 Å². The first-order valence-electron chi connectivity index (χ1n) is 38.3. The number of allylic oxidation sites excluding steroid dienone is 13. The van der Waals surface area contributed by atoms with E-state index in [4.69, 9.17) is 18.9 Å². The monoisotopic (exact) mass is 1310 g/mol. The van der Waals surface area contributed by atoms with Crippen LogP contribution in [0.4, 0.5) is 0 Å². The van der Waals surface area contributed by atoms with Gasteiger partial charge in [0.1, 0.15) is 48.8 Å². The summed E-state index contributed by atoms with van der Waals surface area (Å²) < 4.78 is 22.9. The summed E-state index contributed by atoms with van der Waals surface area (Å²) in [6.07, 6.45) is 70.9. The second-order valence-electron chi connectivity index (χ2n) is 26.7. The number of hydrogen-bond donors (Lipinski definition) is 9. The zero-order valence-electron chi connectivity index (χ0n) is 59.0. The van der Waals surface area contributed by atoms with Gasteiger partial charge < -0.3 is 65.1 Å². The summed E-state index contributed by atoms with van der Waals surface area (Å²) in [4.78, 5) is 13.4. The van der Waals surface area contributed by atoms with Crippen LogP contribution in [-0.4, -0.2) is 140 Å². The average Bonchev–Trinajstić information content (AvgIpc) is 0.852. The molecule has 12 unspecified atom stereocenters. The molecule has 0 spiro atoms. The van der Waals surface area contributed by atoms with Gasteiger partial charge in [0, 0.05) is 6.42 Å². The van der Waals surface area contributed by atoms with Crippen LogP contribution in [0.2, 0.25) is 0 Å². The Hall–Kier alpha value is -2.83. The maximum atomic E-state index is 13.4. The van der Waals surface area contributed by atoms with Crippen LogP contribution in [0.15, 0.2) is 85.1 Å². The van der Waals surface area contributed by atoms with Gasteiger partial charge in [-0.15, -0.1) is 0 Å². The third kappa shape index (κ3) is 46.1. The topological polar surface area (TPSA) is 228 Å². The number of aliphatic hydroxyl groups is 8. The van der Waals surface area contributed by atoms with Gasteiger partial charge in [-0.2, -0.15) is 0 Å². The molecule has 2 saturated heterocycles. The van der Waals surface area contributed by atoms with Crippen LogP contribution in [0, 0.1) is 0 Å². The Bertz CT molecular complexity index is 1890. The quantitative estimate of drug-likeness (QED) is 0.0204. The number of hydrogen-bond acceptors (Lipinski definition) is 13. The molecule has 12 atom stereocenters. The SMILES string of the molecule is CC/C=C\C/C=C\C/C=C\C/C=C\CCCCCCCCCCCCCCCCCCCCCCC(=O)NC(COC1OC(CO)C(OC2OC(CO)C(O)C(O)C2O)C(O)C1O)C(O)/C=C/CC/C=C/CC/C=C/CCCCCCCCCCCCCCCCCC. The van der Waals surface area contributed by atoms with Gasteiger partial charge in [0.15, 0.2) is 12.6 Å². The fourth-order valence-electron chi connectivity index (χ4n) is 12.3. The van der Waals surface area contributed by atoms with Crippen molar-refractivity contribution >= 4 is 5.91 Å². The van der Waals surface area contributed by atoms with Crippen molar-refractivity contribution in [3.8, 4) is 0 Å². The minimum Gasteiger partial charge on any atom is -0.394 e. The van der Waals surface area contributed by atoms with E-state index in [1.54, 1.807) is 6.08 Å². The minimum atomic E-state index is -1.80. The molecule has 2 aliphatic heterocycles. The Morgan fingerprint density at radius 3 is 1.18 bits per heavy atom. The molecule has 540 valence electrons. The highest BCUT2D eigenvalue weighted by Crippen LogP contribution is 2.30. The van der Waals surface area contributed by atoms with Crippen LogP contribution in [-0.2, 0) is 23.7 Å². The van der Waals surface area contributed by atoms with Gasteiger partial charge >= 0.3 is 0 Å². The summed E-state index contributed by atoms with van der Waals surface area (Å²) in [5, 5.41) is 87.6. The molecule has 0 aliphatic carbocycles. The zero-order chi connectivity index (χ0) is 67.3. The molecule has 1 amide bonds. The first-order valence-corrected chi connectivity index (χ1v) is 38.3. The first kappa shape index (κ1) is 86.3. The number of rotatable bonds is 63. The van der Waals surface area contributed by atoms with E-state index >= 15 is 0 Å². The average molecular weight is 1310 g/mol. The van der Waals surface area contributed by atoms with Crippen molar-refractivity contribution in [1.82, 2.24) is 5.32 Å². The largest absolute Gasteiger partial charge is 0.394 e. The van der Waals surface area contributed by atoms with Gasteiger partial charge in [0.2, 0.25) is 5.91 Å². The second-order valence-corrected chi connectivity index (χ2v) is 26.7. The molecule has 2 rings (SSSR count). The van der Waals surface area contributed by atoms with E-state index in [2.05, 4.69) is 92.1 Å². The van der Waals surface area contributed by atoms with Crippen molar-refractivity contribution in [3.05, 3.63) is 85.1 Å². The fourth-order valence-corrected chi connectivity index (χ4v) is 12.3. The minimum absolute atomic E-state index is 0.250. The van der Waals surface area contributed by atoms with Gasteiger partial charge in [-0.3, -0.25) is 4.79 Å². The van der Waals surface area contributed by atoms with Gasteiger partial charge in [0.05, 0.1) is 32.0 Å². The van der Waals surface area contributed by atoms with E-state index in [0.29, 0.717) is 12.8 Å². The molecule has 2 heterocycles. The molecule has 0 bridgehead atoms. The summed E-state index contributed by atoms with van der Waals surface area (Å²) >= 11 is 0. The van der Waals surface area contributed by atoms with Crippen molar-refractivity contribution in [1.29, 1.82) is 0 Å². The van der Waals surface area contributed by atoms with Crippen molar-refractivity contribution < 1.29 is 64.6 Å². The highest BCUT2D eigenvalue weighted by Gasteiger charge is 2.51. The Balaban J connectivity index is 1.65. The van der Waals surface area contributed by atoms with Crippen molar-refractivity contribution in [3.63, 3.8) is 0 Å². The number of carbonyl (C=O) groups is 1. The lowest BCUT2D eigenvalue weighted by Crippen LogP contribution is -2.65. The number of unbranched alkanes of at least 4 members (excludes halogenated alkanes) is 38. The van der Waals surface area contributed by atoms with E-state index < -0.39 is 86.8 Å². The zero-order valence-corrected chi connectivity index (χ0v) is 59.0. The summed E-state index contributed by atoms with van der Waals surface area (Å²) in [7, 11) is 0. The molecule has 0 saturated carbocycles. The maximum absolute atomic E-state index is 13.4. The van der Waals surface area contributed by atoms with Crippen LogP contribution in [0.5, 0.6) is 0 Å². The Morgan fingerprint density at radius 1 is 0.398 bits per heavy atom. The lowest BCUT2D eigenvalue weighted by molar-refractivity contribution is -0.359. The molecule has 0 aromatic rings. The van der Waals surface area contributed by atoms with Crippen LogP contribution >= 0.6 is 0 Å². The summed E-state index contributed by atoms with van der Waals surface area (Å²) in [6.45, 7) is 2.70. The van der Waals surface area contributed by atoms with Crippen LogP contribution in [0.3, 0.4) is 0 Å². The molecule has 2 fully saturated rings. The lowest BCUT2D eigenvalue weighted by atomic mass is 9.97. The Kier molecular flexibility index (Phi) is 58.1. The third-order valence-corrected chi connectivity index (χ3v) is 18.3. The van der Waals surface area contributed by atoms with Crippen molar-refractivity contribution in [2.45, 2.75) is 389 Å². The number of aliphatic hydroxyl groups excluding tert-OH is 8. The molecular formula is C79H141NO13. The van der Waals surface area contributed by atoms with Crippen LogP contribution in [0.25, 0.3) is 0 Å². The van der Waals surface area contributed by atoms with E-state index in [1.165, 1.54) is 212 Å². The molecule has 2 aliphatic rings. The van der Waals surface area contributed by atoms with Gasteiger partial charge in [-0.05, 0) is 83.5 Å². The molecule has 9 N–H and O–H groups in total. The molecule has 0 radical (unpaired) electrons. The standard InChI is InChI=1S/C79H141NO13/c1-3-5-7-9-11-13-15-17-19-21-23-25-27-29-31-32-33-34-35-36-37-39-41-43-45-47-49-51-53-55-57-59-61-63-71(84)80-67(66-90-78-76(89)74(87)77(70(65-82)92-78)93-79-75(88)73(86)72(85)69(64-81)91-79)68(83)62-60-58-56-54-52-50-48-46-44-42-40-38-30-28-26-24-22-20-18-16-14-12-10-8-6-4-2/h5,7,11,13,17,19,23,25,44,46,52,54,60,62,67-70,72-79,81-83,85-89H,3-4,6,8-10,12,14-16,18,20-22,24,26-43,45,47-51,53,55-59,61,63-66H2,1-2H3,(H,80,84)/b7-5-,13-11-,19-17-,25-23-,46-44+,54-52+,62-60+. The fraction of sp³-hybridized carbons (Fsp3) is 0.810. The number of nitrogens with one attached hydrogen (secondary N) is 1. The van der Waals surface area contributed by atoms with Gasteiger partial charge in [-0.1, -0.05) is 311 Å². The second kappa shape index (κ2) is 62.7. The summed E-state index contributed by atoms with van der Waals surface area (Å²) in [5.41, 5.74) is 0. The Morgan fingerprint density at radius 2 is 0.753 bits per heavy atom. The molecular weight excluding hydrogens is 1170 g/mol. The molecule has 93 heavy (non-hydrogen) atoms. The van der Waals surface area contributed by atoms with Gasteiger partial charge in [-0.25, -0.2) is 0 Å². The van der Waals surface area contributed by atoms with E-state index in [9.17, 15) is 45.6 Å². The van der Waals surface area contributed by atoms with E-state index in [1.807, 2.05) is 6.08 Å². The highest BCUT2D eigenvalue weighted by atomic mass is 16.7. The number of carbonyl (C=O) groups excluding carboxylic acids is 1. The normalized spacial score (nSPS) is 23.0. The molecule has 14 heteroatoms. The number of amides is 1. The van der Waals surface area contributed by atoms with Crippen LogP contribution in [0.1, 0.15) is 316 Å². The highest BCUT2D eigenvalue weighted by molar-refractivity contribution is 5.76. The van der Waals surface area contributed by atoms with Crippen molar-refractivity contribution in [2.24, 2.45) is 0 Å². The maximum Gasteiger partial charge on any atom is 0.220 e. The van der Waals surface area contributed by atoms with E-state index in [-0.39, 0.29) is 18.9 Å². The first-order chi connectivity index (χ1) is 45.6. The molecule has 0 aromatic carbocycles. The summed E-state index contributed by atoms with van der Waals surface area (Å²) in [6, 6.07) is -0.942. The lowest BCUT2D eigenvalue weighted by Gasteiger charge is -2.46. The van der Waals surface area contributed by atoms with Crippen molar-refractivity contribution in [2.75, 3.05) is 19.8 Å². The third-order valence-electron chi connectivity index (χ3n) is 18.3. The van der Waals surface area contributed by atoms with Gasteiger partial charge in [0.25, 0.3) is 0 Å². The smallest absolute Gasteiger partial charge is 0.220 e. The predicted octanol–water partition coefficient (Wildman–Crippen LogP) is 16.7. The number of ether oxygens (including phenoxy) is 4. The van der Waals surface area contributed by atoms with E-state index in [0.717, 1.165) is 70.6 Å². The predicted molar refractivity (Wildman–Crippen MR) is 383 cm³/mol. The molecule has 0 aromatic heterocycles.